The van der Waals surface area contributed by atoms with Gasteiger partial charge < -0.3 is 9.97 Å². The van der Waals surface area contributed by atoms with Gasteiger partial charge in [-0.15, -0.1) is 0 Å². The van der Waals surface area contributed by atoms with Gasteiger partial charge in [-0.3, -0.25) is 0 Å². The number of H-pyrrole nitrogens is 2. The summed E-state index contributed by atoms with van der Waals surface area (Å²) in [7, 11) is 0. The van der Waals surface area contributed by atoms with E-state index in [4.69, 9.17) is 9.97 Å². The van der Waals surface area contributed by atoms with Crippen molar-refractivity contribution in [3.63, 3.8) is 0 Å². The van der Waals surface area contributed by atoms with Crippen molar-refractivity contribution in [2.24, 2.45) is 0 Å². The minimum atomic E-state index is -0.253. The Labute approximate surface area is 177 Å². The van der Waals surface area contributed by atoms with E-state index in [1.807, 2.05) is 60.7 Å². The van der Waals surface area contributed by atoms with E-state index in [2.05, 4.69) is 16.0 Å². The Morgan fingerprint density at radius 3 is 1.71 bits per heavy atom. The summed E-state index contributed by atoms with van der Waals surface area (Å²) in [6, 6.07) is 20.7. The molecule has 148 valence electrons. The molecular formula is C26H17FN4. The zero-order valence-electron chi connectivity index (χ0n) is 16.4. The zero-order chi connectivity index (χ0) is 20.8. The Bertz CT molecular complexity index is 1540. The maximum atomic E-state index is 13.5. The van der Waals surface area contributed by atoms with Crippen molar-refractivity contribution in [1.29, 1.82) is 0 Å². The fourth-order valence-electron chi connectivity index (χ4n) is 3.89. The molecule has 0 spiro atoms. The summed E-state index contributed by atoms with van der Waals surface area (Å²) in [6.45, 7) is 0. The first kappa shape index (κ1) is 17.6. The van der Waals surface area contributed by atoms with E-state index >= 15 is 0 Å². The van der Waals surface area contributed by atoms with Gasteiger partial charge in [-0.25, -0.2) is 14.4 Å². The lowest BCUT2D eigenvalue weighted by Crippen LogP contribution is -1.78. The predicted octanol–water partition coefficient (Wildman–Crippen LogP) is 6.46. The van der Waals surface area contributed by atoms with E-state index in [0.717, 1.165) is 56.0 Å². The number of rotatable bonds is 1. The highest BCUT2D eigenvalue weighted by atomic mass is 19.1. The average Bonchev–Trinajstić information content (AvgIpc) is 3.54. The number of fused-ring (bicyclic) bond motifs is 8. The van der Waals surface area contributed by atoms with Crippen LogP contribution in [0.5, 0.6) is 0 Å². The first-order valence-corrected chi connectivity index (χ1v) is 10.0. The Hall–Kier alpha value is -4.25. The minimum Gasteiger partial charge on any atom is -0.355 e. The van der Waals surface area contributed by atoms with Gasteiger partial charge in [-0.2, -0.15) is 0 Å². The van der Waals surface area contributed by atoms with Crippen LogP contribution in [-0.2, 0) is 0 Å². The van der Waals surface area contributed by atoms with Crippen molar-refractivity contribution in [1.82, 2.24) is 19.9 Å². The van der Waals surface area contributed by atoms with E-state index in [1.54, 1.807) is 12.1 Å². The van der Waals surface area contributed by atoms with Crippen molar-refractivity contribution in [2.75, 3.05) is 0 Å². The topological polar surface area (TPSA) is 57.4 Å². The molecular weight excluding hydrogens is 387 g/mol. The van der Waals surface area contributed by atoms with Crippen LogP contribution in [0.1, 0.15) is 22.8 Å². The third-order valence-electron chi connectivity index (χ3n) is 5.32. The number of nitrogens with one attached hydrogen (secondary N) is 2. The minimum absolute atomic E-state index is 0.253. The van der Waals surface area contributed by atoms with Gasteiger partial charge in [0.05, 0.1) is 22.8 Å². The fraction of sp³-hybridized carbons (Fsp3) is 0. The van der Waals surface area contributed by atoms with E-state index in [0.29, 0.717) is 0 Å². The van der Waals surface area contributed by atoms with E-state index < -0.39 is 0 Å². The highest BCUT2D eigenvalue weighted by Gasteiger charge is 2.07. The van der Waals surface area contributed by atoms with Crippen LogP contribution < -0.4 is 0 Å². The quantitative estimate of drug-likeness (QED) is 0.330. The van der Waals surface area contributed by atoms with E-state index in [1.165, 1.54) is 12.1 Å². The second-order valence-electron chi connectivity index (χ2n) is 7.60. The van der Waals surface area contributed by atoms with Gasteiger partial charge in [0.1, 0.15) is 5.82 Å². The lowest BCUT2D eigenvalue weighted by atomic mass is 10.1. The summed E-state index contributed by atoms with van der Waals surface area (Å²) >= 11 is 0. The first-order chi connectivity index (χ1) is 15.2. The number of nitrogens with zero attached hydrogens (tertiary/aromatic N) is 2. The summed E-state index contributed by atoms with van der Waals surface area (Å²) < 4.78 is 13.5. The molecule has 0 atom stereocenters. The molecule has 0 aliphatic carbocycles. The second-order valence-corrected chi connectivity index (χ2v) is 7.60. The number of aromatic amines is 2. The lowest BCUT2D eigenvalue weighted by Gasteiger charge is -1.98. The number of halogens is 1. The molecule has 2 aliphatic rings. The number of aromatic nitrogens is 4. The van der Waals surface area contributed by atoms with Gasteiger partial charge in [-0.05, 0) is 84.5 Å². The molecule has 2 N–H and O–H groups in total. The highest BCUT2D eigenvalue weighted by molar-refractivity contribution is 5.87. The van der Waals surface area contributed by atoms with Gasteiger partial charge in [0.15, 0.2) is 0 Å². The molecule has 0 radical (unpaired) electrons. The number of hydrogen-bond acceptors (Lipinski definition) is 2. The van der Waals surface area contributed by atoms with Crippen LogP contribution in [-0.4, -0.2) is 19.9 Å². The molecule has 0 saturated carbocycles. The SMILES string of the molecule is Fc1ccc(-c2cc3cc4nc(cc5ccc(cc6nc(cc2[nH]3)C=C6)[nH]5)C=C4)cc1. The lowest BCUT2D eigenvalue weighted by molar-refractivity contribution is 0.628. The summed E-state index contributed by atoms with van der Waals surface area (Å²) in [4.78, 5) is 16.3. The summed E-state index contributed by atoms with van der Waals surface area (Å²) in [5, 5.41) is 0. The average molecular weight is 404 g/mol. The monoisotopic (exact) mass is 404 g/mol. The standard InChI is InChI=1S/C26H17FN4/c27-17-3-1-16(2-4-17)25-14-24-13-22-8-7-20(29-22)11-18-5-6-19(28-18)12-21-9-10-23(30-21)15-26(25)31-24/h1-15,28,31H. The molecule has 3 aromatic heterocycles. The summed E-state index contributed by atoms with van der Waals surface area (Å²) in [5.41, 5.74) is 9.19. The largest absolute Gasteiger partial charge is 0.355 e. The molecule has 31 heavy (non-hydrogen) atoms. The third-order valence-corrected chi connectivity index (χ3v) is 5.32. The van der Waals surface area contributed by atoms with Crippen molar-refractivity contribution in [3.8, 4) is 11.1 Å². The van der Waals surface area contributed by atoms with Gasteiger partial charge in [0, 0.05) is 27.6 Å². The second kappa shape index (κ2) is 6.92. The fourth-order valence-corrected chi connectivity index (χ4v) is 3.89. The summed E-state index contributed by atoms with van der Waals surface area (Å²) in [5.74, 6) is -0.253. The Morgan fingerprint density at radius 2 is 1.10 bits per heavy atom. The first-order valence-electron chi connectivity index (χ1n) is 10.0. The third kappa shape index (κ3) is 3.46. The van der Waals surface area contributed by atoms with E-state index in [9.17, 15) is 4.39 Å². The number of benzene rings is 1. The Kier molecular flexibility index (Phi) is 3.93. The van der Waals surface area contributed by atoms with Crippen LogP contribution in [0.3, 0.4) is 0 Å². The Morgan fingerprint density at radius 1 is 0.548 bits per heavy atom. The molecule has 4 aromatic rings. The zero-order valence-corrected chi connectivity index (χ0v) is 16.4. The molecule has 5 heteroatoms. The highest BCUT2D eigenvalue weighted by Crippen LogP contribution is 2.28. The molecule has 1 aromatic carbocycles. The van der Waals surface area contributed by atoms with Crippen molar-refractivity contribution < 1.29 is 4.39 Å². The van der Waals surface area contributed by atoms with Crippen LogP contribution in [0.25, 0.3) is 57.5 Å². The van der Waals surface area contributed by atoms with Crippen molar-refractivity contribution in [2.45, 2.75) is 0 Å². The Balaban J connectivity index is 1.67. The van der Waals surface area contributed by atoms with Crippen LogP contribution in [0, 0.1) is 5.82 Å². The van der Waals surface area contributed by atoms with Gasteiger partial charge in [-0.1, -0.05) is 12.1 Å². The predicted molar refractivity (Wildman–Crippen MR) is 124 cm³/mol. The maximum absolute atomic E-state index is 13.5. The van der Waals surface area contributed by atoms with Crippen LogP contribution in [0.15, 0.2) is 66.7 Å². The van der Waals surface area contributed by atoms with Crippen molar-refractivity contribution in [3.05, 3.63) is 95.3 Å². The van der Waals surface area contributed by atoms with Gasteiger partial charge >= 0.3 is 0 Å². The molecule has 0 unspecified atom stereocenters. The molecule has 0 fully saturated rings. The number of hydrogen-bond donors (Lipinski definition) is 2. The molecule has 2 aliphatic heterocycles. The molecule has 6 rings (SSSR count). The normalized spacial score (nSPS) is 12.4. The van der Waals surface area contributed by atoms with Crippen LogP contribution in [0.2, 0.25) is 0 Å². The maximum Gasteiger partial charge on any atom is 0.123 e. The van der Waals surface area contributed by atoms with Gasteiger partial charge in [0.2, 0.25) is 0 Å². The molecule has 5 heterocycles. The van der Waals surface area contributed by atoms with Crippen LogP contribution >= 0.6 is 0 Å². The summed E-state index contributed by atoms with van der Waals surface area (Å²) in [6.07, 6.45) is 7.97. The van der Waals surface area contributed by atoms with Crippen molar-refractivity contribution >= 4 is 46.4 Å². The molecule has 8 bridgehead atoms. The molecule has 4 nitrogen and oxygen atoms in total. The van der Waals surface area contributed by atoms with Gasteiger partial charge in [0.25, 0.3) is 0 Å². The molecule has 0 saturated heterocycles. The molecule has 0 amide bonds. The van der Waals surface area contributed by atoms with Crippen LogP contribution in [0.4, 0.5) is 4.39 Å². The smallest absolute Gasteiger partial charge is 0.123 e. The van der Waals surface area contributed by atoms with E-state index in [-0.39, 0.29) is 5.82 Å².